The number of aromatic nitrogens is 1. The van der Waals surface area contributed by atoms with Crippen molar-refractivity contribution >= 4 is 34.9 Å². The normalized spacial score (nSPS) is 14.6. The number of esters is 1. The number of ether oxygens (including phenoxy) is 1. The van der Waals surface area contributed by atoms with Gasteiger partial charge in [-0.25, -0.2) is 9.59 Å². The van der Waals surface area contributed by atoms with E-state index < -0.39 is 17.9 Å². The van der Waals surface area contributed by atoms with Crippen LogP contribution in [0.3, 0.4) is 0 Å². The quantitative estimate of drug-likeness (QED) is 0.242. The number of nitrogens with one attached hydrogen (secondary N) is 1. The first kappa shape index (κ1) is 23.2. The SMILES string of the molecule is COC(=O)c1ccc(CN2C(=O)NC(=Cc3c(C)n(Cc4ccc(C)cc4)c4ccccc34)C2=O)o1. The zero-order valence-electron chi connectivity index (χ0n) is 20.2. The molecular weight excluding hydrogens is 458 g/mol. The van der Waals surface area contributed by atoms with Crippen molar-refractivity contribution in [2.24, 2.45) is 0 Å². The number of fused-ring (bicyclic) bond motifs is 1. The third-order valence-corrected chi connectivity index (χ3v) is 6.35. The van der Waals surface area contributed by atoms with Gasteiger partial charge in [0.05, 0.1) is 13.7 Å². The molecule has 1 saturated heterocycles. The molecule has 0 spiro atoms. The standard InChI is InChI=1S/C28H25N3O5/c1-17-8-10-19(11-9-17)15-30-18(2)22(21-6-4-5-7-24(21)30)14-23-26(32)31(28(34)29-23)16-20-12-13-25(36-20)27(33)35-3/h4-14H,15-16H2,1-3H3,(H,29,34). The Balaban J connectivity index is 1.46. The summed E-state index contributed by atoms with van der Waals surface area (Å²) in [5.41, 5.74) is 5.45. The van der Waals surface area contributed by atoms with Crippen molar-refractivity contribution in [2.45, 2.75) is 26.9 Å². The van der Waals surface area contributed by atoms with Crippen molar-refractivity contribution in [3.8, 4) is 0 Å². The lowest BCUT2D eigenvalue weighted by Gasteiger charge is -2.09. The second-order valence-electron chi connectivity index (χ2n) is 8.72. The molecule has 0 atom stereocenters. The zero-order chi connectivity index (χ0) is 25.4. The Morgan fingerprint density at radius 3 is 2.50 bits per heavy atom. The van der Waals surface area contributed by atoms with E-state index in [-0.39, 0.29) is 18.0 Å². The molecule has 4 aromatic rings. The summed E-state index contributed by atoms with van der Waals surface area (Å²) in [6.07, 6.45) is 1.73. The van der Waals surface area contributed by atoms with Crippen LogP contribution in [0.15, 0.2) is 70.8 Å². The Kier molecular flexibility index (Phi) is 5.93. The monoisotopic (exact) mass is 483 g/mol. The first-order valence-electron chi connectivity index (χ1n) is 11.5. The average molecular weight is 484 g/mol. The Labute approximate surface area is 207 Å². The molecule has 1 aliphatic heterocycles. The summed E-state index contributed by atoms with van der Waals surface area (Å²) < 4.78 is 12.3. The van der Waals surface area contributed by atoms with E-state index in [0.717, 1.165) is 27.1 Å². The van der Waals surface area contributed by atoms with Crippen LogP contribution in [0.25, 0.3) is 17.0 Å². The van der Waals surface area contributed by atoms with Crippen LogP contribution in [0.1, 0.15) is 38.7 Å². The highest BCUT2D eigenvalue weighted by atomic mass is 16.5. The van der Waals surface area contributed by atoms with Crippen LogP contribution in [0.4, 0.5) is 4.79 Å². The summed E-state index contributed by atoms with van der Waals surface area (Å²) in [4.78, 5) is 38.4. The smallest absolute Gasteiger partial charge is 0.373 e. The predicted molar refractivity (Wildman–Crippen MR) is 134 cm³/mol. The number of carbonyl (C=O) groups excluding carboxylic acids is 3. The van der Waals surface area contributed by atoms with Crippen LogP contribution in [-0.2, 0) is 22.6 Å². The number of urea groups is 1. The fourth-order valence-electron chi connectivity index (χ4n) is 4.41. The van der Waals surface area contributed by atoms with Crippen molar-refractivity contribution in [3.05, 3.63) is 100 Å². The van der Waals surface area contributed by atoms with Gasteiger partial charge in [-0.1, -0.05) is 48.0 Å². The molecule has 2 aromatic heterocycles. The summed E-state index contributed by atoms with van der Waals surface area (Å²) in [5, 5.41) is 3.67. The minimum atomic E-state index is -0.628. The summed E-state index contributed by atoms with van der Waals surface area (Å²) >= 11 is 0. The number of nitrogens with zero attached hydrogens (tertiary/aromatic N) is 2. The van der Waals surface area contributed by atoms with E-state index in [1.165, 1.54) is 30.4 Å². The van der Waals surface area contributed by atoms with Crippen molar-refractivity contribution in [3.63, 3.8) is 0 Å². The van der Waals surface area contributed by atoms with Crippen molar-refractivity contribution in [1.82, 2.24) is 14.8 Å². The number of benzene rings is 2. The number of furan rings is 1. The van der Waals surface area contributed by atoms with Crippen molar-refractivity contribution < 1.29 is 23.5 Å². The first-order valence-corrected chi connectivity index (χ1v) is 11.5. The molecular formula is C28H25N3O5. The molecule has 0 bridgehead atoms. The molecule has 0 radical (unpaired) electrons. The molecule has 0 aliphatic carbocycles. The fraction of sp³-hybridized carbons (Fsp3) is 0.179. The number of amides is 3. The van der Waals surface area contributed by atoms with Crippen LogP contribution in [0.5, 0.6) is 0 Å². The summed E-state index contributed by atoms with van der Waals surface area (Å²) in [5.74, 6) is -0.791. The van der Waals surface area contributed by atoms with Gasteiger partial charge >= 0.3 is 12.0 Å². The topological polar surface area (TPSA) is 93.8 Å². The molecule has 2 aromatic carbocycles. The van der Waals surface area contributed by atoms with Gasteiger partial charge in [0, 0.05) is 28.7 Å². The van der Waals surface area contributed by atoms with E-state index in [9.17, 15) is 14.4 Å². The van der Waals surface area contributed by atoms with Crippen LogP contribution in [-0.4, -0.2) is 34.5 Å². The Morgan fingerprint density at radius 2 is 1.75 bits per heavy atom. The number of para-hydroxylation sites is 1. The maximum atomic E-state index is 13.1. The molecule has 0 unspecified atom stereocenters. The molecule has 182 valence electrons. The number of aryl methyl sites for hydroxylation is 1. The second-order valence-corrected chi connectivity index (χ2v) is 8.72. The lowest BCUT2D eigenvalue weighted by Crippen LogP contribution is -2.30. The number of methoxy groups -OCH3 is 1. The van der Waals surface area contributed by atoms with E-state index in [4.69, 9.17) is 4.42 Å². The summed E-state index contributed by atoms with van der Waals surface area (Å²) in [6.45, 7) is 4.65. The third kappa shape index (κ3) is 4.17. The lowest BCUT2D eigenvalue weighted by atomic mass is 10.1. The minimum Gasteiger partial charge on any atom is -0.463 e. The van der Waals surface area contributed by atoms with E-state index in [2.05, 4.69) is 51.9 Å². The molecule has 8 nitrogen and oxygen atoms in total. The van der Waals surface area contributed by atoms with Gasteiger partial charge in [-0.2, -0.15) is 0 Å². The molecule has 36 heavy (non-hydrogen) atoms. The maximum absolute atomic E-state index is 13.1. The molecule has 8 heteroatoms. The highest BCUT2D eigenvalue weighted by Crippen LogP contribution is 2.30. The summed E-state index contributed by atoms with van der Waals surface area (Å²) in [7, 11) is 1.25. The van der Waals surface area contributed by atoms with Gasteiger partial charge in [0.2, 0.25) is 5.76 Å². The van der Waals surface area contributed by atoms with E-state index >= 15 is 0 Å². The fourth-order valence-corrected chi connectivity index (χ4v) is 4.41. The van der Waals surface area contributed by atoms with Crippen LogP contribution in [0, 0.1) is 13.8 Å². The third-order valence-electron chi connectivity index (χ3n) is 6.35. The molecule has 5 rings (SSSR count). The highest BCUT2D eigenvalue weighted by molar-refractivity contribution is 6.14. The van der Waals surface area contributed by atoms with Crippen LogP contribution >= 0.6 is 0 Å². The number of hydrogen-bond acceptors (Lipinski definition) is 5. The Bertz CT molecular complexity index is 1520. The maximum Gasteiger partial charge on any atom is 0.373 e. The van der Waals surface area contributed by atoms with Gasteiger partial charge in [-0.15, -0.1) is 0 Å². The number of carbonyl (C=O) groups is 3. The predicted octanol–water partition coefficient (Wildman–Crippen LogP) is 4.78. The van der Waals surface area contributed by atoms with Crippen molar-refractivity contribution in [1.29, 1.82) is 0 Å². The number of hydrogen-bond donors (Lipinski definition) is 1. The van der Waals surface area contributed by atoms with E-state index in [1.807, 2.05) is 25.1 Å². The first-order chi connectivity index (χ1) is 17.4. The molecule has 1 aliphatic rings. The van der Waals surface area contributed by atoms with Gasteiger partial charge < -0.3 is 19.0 Å². The van der Waals surface area contributed by atoms with Crippen LogP contribution < -0.4 is 5.32 Å². The largest absolute Gasteiger partial charge is 0.463 e. The van der Waals surface area contributed by atoms with Gasteiger partial charge in [0.25, 0.3) is 5.91 Å². The van der Waals surface area contributed by atoms with Gasteiger partial charge in [0.15, 0.2) is 0 Å². The molecule has 3 amide bonds. The number of rotatable bonds is 6. The van der Waals surface area contributed by atoms with Crippen LogP contribution in [0.2, 0.25) is 0 Å². The minimum absolute atomic E-state index is 0.00679. The average Bonchev–Trinajstić information content (AvgIpc) is 3.53. The molecule has 0 saturated carbocycles. The van der Waals surface area contributed by atoms with E-state index in [0.29, 0.717) is 12.3 Å². The zero-order valence-corrected chi connectivity index (χ0v) is 20.2. The lowest BCUT2D eigenvalue weighted by molar-refractivity contribution is -0.123. The number of imide groups is 1. The Hall–Kier alpha value is -4.59. The van der Waals surface area contributed by atoms with Gasteiger partial charge in [0.1, 0.15) is 11.5 Å². The van der Waals surface area contributed by atoms with E-state index in [1.54, 1.807) is 6.08 Å². The Morgan fingerprint density at radius 1 is 1.00 bits per heavy atom. The van der Waals surface area contributed by atoms with Crippen molar-refractivity contribution in [2.75, 3.05) is 7.11 Å². The molecule has 3 heterocycles. The summed E-state index contributed by atoms with van der Waals surface area (Å²) in [6, 6.07) is 18.8. The second kappa shape index (κ2) is 9.22. The van der Waals surface area contributed by atoms with Gasteiger partial charge in [-0.3, -0.25) is 9.69 Å². The molecule has 1 N–H and O–H groups in total. The highest BCUT2D eigenvalue weighted by Gasteiger charge is 2.35. The van der Waals surface area contributed by atoms with Gasteiger partial charge in [-0.05, 0) is 43.7 Å². The molecule has 1 fully saturated rings.